The molecule has 1 aromatic carbocycles. The fraction of sp³-hybridized carbons (Fsp3) is 0.250. The number of amides is 1. The zero-order valence-electron chi connectivity index (χ0n) is 13.7. The third-order valence-corrected chi connectivity index (χ3v) is 3.74. The van der Waals surface area contributed by atoms with E-state index in [1.54, 1.807) is 0 Å². The molecular weight excluding hydrogens is 340 g/mol. The van der Waals surface area contributed by atoms with Crippen molar-refractivity contribution in [2.45, 2.75) is 18.8 Å². The Morgan fingerprint density at radius 1 is 1.27 bits per heavy atom. The zero-order valence-corrected chi connectivity index (χ0v) is 13.7. The normalized spacial score (nSPS) is 13.3. The molecule has 2 atom stereocenters. The first-order valence-electron chi connectivity index (χ1n) is 7.81. The third kappa shape index (κ3) is 3.87. The van der Waals surface area contributed by atoms with Crippen LogP contribution in [0.1, 0.15) is 17.4 Å². The maximum atomic E-state index is 11.7. The largest absolute Gasteiger partial charge is 0.445 e. The van der Waals surface area contributed by atoms with Gasteiger partial charge < -0.3 is 26.0 Å². The van der Waals surface area contributed by atoms with Crippen LogP contribution in [0.3, 0.4) is 0 Å². The first-order valence-corrected chi connectivity index (χ1v) is 7.81. The molecule has 10 nitrogen and oxygen atoms in total. The summed E-state index contributed by atoms with van der Waals surface area (Å²) < 4.78 is 5.04. The van der Waals surface area contributed by atoms with E-state index in [4.69, 9.17) is 10.5 Å². The quantitative estimate of drug-likeness (QED) is 0.419. The number of aliphatic hydroxyl groups is 2. The molecule has 136 valence electrons. The Kier molecular flexibility index (Phi) is 5.25. The van der Waals surface area contributed by atoms with Crippen molar-refractivity contribution in [3.8, 4) is 0 Å². The number of hydrogen-bond acceptors (Lipinski definition) is 8. The highest BCUT2D eigenvalue weighted by molar-refractivity contribution is 5.87. The average Bonchev–Trinajstić information content (AvgIpc) is 3.10. The van der Waals surface area contributed by atoms with Crippen LogP contribution in [0.4, 0.5) is 10.6 Å². The Balaban J connectivity index is 1.55. The second-order valence-electron chi connectivity index (χ2n) is 5.55. The van der Waals surface area contributed by atoms with Gasteiger partial charge in [-0.15, -0.1) is 0 Å². The predicted octanol–water partition coefficient (Wildman–Crippen LogP) is 0.256. The van der Waals surface area contributed by atoms with Gasteiger partial charge in [-0.3, -0.25) is 5.10 Å². The number of benzene rings is 1. The van der Waals surface area contributed by atoms with Gasteiger partial charge in [-0.1, -0.05) is 30.3 Å². The number of rotatable bonds is 6. The predicted molar refractivity (Wildman–Crippen MR) is 91.7 cm³/mol. The molecule has 0 aliphatic carbocycles. The van der Waals surface area contributed by atoms with Crippen LogP contribution in [0.5, 0.6) is 0 Å². The van der Waals surface area contributed by atoms with Crippen molar-refractivity contribution < 1.29 is 19.7 Å². The van der Waals surface area contributed by atoms with Gasteiger partial charge in [-0.25, -0.2) is 14.8 Å². The lowest BCUT2D eigenvalue weighted by molar-refractivity contribution is 0.0167. The van der Waals surface area contributed by atoms with Gasteiger partial charge in [-0.05, 0) is 5.56 Å². The van der Waals surface area contributed by atoms with Crippen molar-refractivity contribution in [3.05, 3.63) is 47.9 Å². The molecular formula is C16H18N6O4. The number of aliphatic hydroxyl groups excluding tert-OH is 2. The lowest BCUT2D eigenvalue weighted by Crippen LogP contribution is -2.36. The smallest absolute Gasteiger partial charge is 0.407 e. The van der Waals surface area contributed by atoms with Crippen LogP contribution in [0, 0.1) is 0 Å². The van der Waals surface area contributed by atoms with Crippen molar-refractivity contribution >= 4 is 22.9 Å². The number of H-pyrrole nitrogens is 1. The standard InChI is InChI=1S/C16H18N6O4/c17-14-11-12(21-22-15(11)20-8-19-14)13(24)10(23)6-18-16(25)26-7-9-4-2-1-3-5-9/h1-5,8,10,13,23-24H,6-7H2,(H,18,25)(H3,17,19,20,21,22). The molecule has 3 aromatic rings. The minimum Gasteiger partial charge on any atom is -0.445 e. The molecule has 0 bridgehead atoms. The van der Waals surface area contributed by atoms with E-state index in [0.29, 0.717) is 5.39 Å². The second kappa shape index (κ2) is 7.76. The maximum absolute atomic E-state index is 11.7. The van der Waals surface area contributed by atoms with E-state index in [1.165, 1.54) is 6.33 Å². The van der Waals surface area contributed by atoms with E-state index in [-0.39, 0.29) is 30.3 Å². The number of nitrogens with one attached hydrogen (secondary N) is 2. The summed E-state index contributed by atoms with van der Waals surface area (Å²) in [5, 5.41) is 29.6. The Morgan fingerprint density at radius 3 is 2.81 bits per heavy atom. The molecule has 10 heteroatoms. The summed E-state index contributed by atoms with van der Waals surface area (Å²) in [5.41, 5.74) is 7.04. The highest BCUT2D eigenvalue weighted by Gasteiger charge is 2.25. The molecule has 26 heavy (non-hydrogen) atoms. The van der Waals surface area contributed by atoms with Crippen LogP contribution in [-0.4, -0.2) is 49.1 Å². The van der Waals surface area contributed by atoms with Gasteiger partial charge in [0.25, 0.3) is 0 Å². The molecule has 0 spiro atoms. The molecule has 0 saturated carbocycles. The molecule has 2 unspecified atom stereocenters. The molecule has 1 amide bonds. The zero-order chi connectivity index (χ0) is 18.5. The number of aromatic nitrogens is 4. The summed E-state index contributed by atoms with van der Waals surface area (Å²) in [6.07, 6.45) is -2.15. The Morgan fingerprint density at radius 2 is 2.04 bits per heavy atom. The fourth-order valence-electron chi connectivity index (χ4n) is 2.38. The topological polar surface area (TPSA) is 159 Å². The molecule has 6 N–H and O–H groups in total. The average molecular weight is 358 g/mol. The highest BCUT2D eigenvalue weighted by atomic mass is 16.5. The molecule has 2 heterocycles. The fourth-order valence-corrected chi connectivity index (χ4v) is 2.38. The molecule has 2 aromatic heterocycles. The van der Waals surface area contributed by atoms with Gasteiger partial charge in [0.05, 0.1) is 11.1 Å². The molecule has 0 aliphatic heterocycles. The summed E-state index contributed by atoms with van der Waals surface area (Å²) in [4.78, 5) is 19.5. The number of anilines is 1. The maximum Gasteiger partial charge on any atom is 0.407 e. The van der Waals surface area contributed by atoms with Crippen LogP contribution in [0.25, 0.3) is 11.0 Å². The third-order valence-electron chi connectivity index (χ3n) is 3.74. The van der Waals surface area contributed by atoms with Gasteiger partial charge in [0.2, 0.25) is 0 Å². The van der Waals surface area contributed by atoms with Crippen LogP contribution < -0.4 is 11.1 Å². The number of nitrogens with two attached hydrogens (primary N) is 1. The van der Waals surface area contributed by atoms with Crippen molar-refractivity contribution in [2.24, 2.45) is 0 Å². The molecule has 0 aliphatic rings. The van der Waals surface area contributed by atoms with E-state index in [0.717, 1.165) is 5.56 Å². The monoisotopic (exact) mass is 358 g/mol. The lowest BCUT2D eigenvalue weighted by Gasteiger charge is -2.17. The minimum atomic E-state index is -1.37. The van der Waals surface area contributed by atoms with Gasteiger partial charge >= 0.3 is 6.09 Å². The van der Waals surface area contributed by atoms with E-state index in [1.807, 2.05) is 30.3 Å². The second-order valence-corrected chi connectivity index (χ2v) is 5.55. The van der Waals surface area contributed by atoms with Gasteiger partial charge in [0.1, 0.15) is 31.0 Å². The number of hydrogen-bond donors (Lipinski definition) is 5. The van der Waals surface area contributed by atoms with Gasteiger partial charge in [-0.2, -0.15) is 5.10 Å². The SMILES string of the molecule is Nc1ncnc2n[nH]c(C(O)C(O)CNC(=O)OCc3ccccc3)c12. The first-order chi connectivity index (χ1) is 12.6. The molecule has 0 saturated heterocycles. The van der Waals surface area contributed by atoms with E-state index >= 15 is 0 Å². The molecule has 0 radical (unpaired) electrons. The van der Waals surface area contributed by atoms with E-state index in [2.05, 4.69) is 25.5 Å². The van der Waals surface area contributed by atoms with Crippen molar-refractivity contribution in [1.82, 2.24) is 25.5 Å². The number of carbonyl (C=O) groups excluding carboxylic acids is 1. The Labute approximate surface area is 148 Å². The van der Waals surface area contributed by atoms with Crippen molar-refractivity contribution in [1.29, 1.82) is 0 Å². The summed E-state index contributed by atoms with van der Waals surface area (Å²) >= 11 is 0. The van der Waals surface area contributed by atoms with Crippen LogP contribution in [0.15, 0.2) is 36.7 Å². The summed E-state index contributed by atoms with van der Waals surface area (Å²) in [6.45, 7) is -0.132. The number of fused-ring (bicyclic) bond motifs is 1. The van der Waals surface area contributed by atoms with Crippen molar-refractivity contribution in [3.63, 3.8) is 0 Å². The first kappa shape index (κ1) is 17.6. The molecule has 0 fully saturated rings. The lowest BCUT2D eigenvalue weighted by atomic mass is 10.1. The summed E-state index contributed by atoms with van der Waals surface area (Å²) in [7, 11) is 0. The number of carbonyl (C=O) groups is 1. The number of alkyl carbamates (subject to hydrolysis) is 1. The van der Waals surface area contributed by atoms with E-state index in [9.17, 15) is 15.0 Å². The number of ether oxygens (including phenoxy) is 1. The molecule has 3 rings (SSSR count). The minimum absolute atomic E-state index is 0.102. The van der Waals surface area contributed by atoms with Gasteiger partial charge in [0, 0.05) is 6.54 Å². The van der Waals surface area contributed by atoms with Crippen LogP contribution in [0.2, 0.25) is 0 Å². The van der Waals surface area contributed by atoms with Crippen molar-refractivity contribution in [2.75, 3.05) is 12.3 Å². The van der Waals surface area contributed by atoms with E-state index < -0.39 is 18.3 Å². The highest BCUT2D eigenvalue weighted by Crippen LogP contribution is 2.25. The number of nitrogens with zero attached hydrogens (tertiary/aromatic N) is 3. The number of nitrogen functional groups attached to an aromatic ring is 1. The summed E-state index contributed by atoms with van der Waals surface area (Å²) in [6, 6.07) is 9.17. The van der Waals surface area contributed by atoms with Gasteiger partial charge in [0.15, 0.2) is 5.65 Å². The Bertz CT molecular complexity index is 885. The van der Waals surface area contributed by atoms with Crippen LogP contribution >= 0.6 is 0 Å². The van der Waals surface area contributed by atoms with Crippen LogP contribution in [-0.2, 0) is 11.3 Å². The summed E-state index contributed by atoms with van der Waals surface area (Å²) in [5.74, 6) is 0.125. The number of aromatic amines is 1. The Hall–Kier alpha value is -3.24.